The van der Waals surface area contributed by atoms with Crippen molar-refractivity contribution in [3.63, 3.8) is 0 Å². The summed E-state index contributed by atoms with van der Waals surface area (Å²) >= 11 is 0. The third-order valence-electron chi connectivity index (χ3n) is 3.22. The van der Waals surface area contributed by atoms with Gasteiger partial charge < -0.3 is 15.2 Å². The predicted octanol–water partition coefficient (Wildman–Crippen LogP) is 1.95. The molecule has 0 heterocycles. The van der Waals surface area contributed by atoms with E-state index in [9.17, 15) is 18.0 Å². The Morgan fingerprint density at radius 2 is 1.57 bits per heavy atom. The Balaban J connectivity index is 0.000000552. The van der Waals surface area contributed by atoms with Crippen molar-refractivity contribution in [2.75, 3.05) is 19.7 Å². The molecule has 2 N–H and O–H groups in total. The number of hydrogen-bond donors (Lipinski definition) is 2. The summed E-state index contributed by atoms with van der Waals surface area (Å²) in [6, 6.07) is 18.8. The molecule has 8 nitrogen and oxygen atoms in total. The number of benzene rings is 2. The molecule has 1 amide bonds. The van der Waals surface area contributed by atoms with Gasteiger partial charge in [-0.3, -0.25) is 9.59 Å². The number of ether oxygens (including phenoxy) is 1. The van der Waals surface area contributed by atoms with Crippen LogP contribution in [0.2, 0.25) is 0 Å². The fraction of sp³-hybridized carbons (Fsp3) is 0.263. The van der Waals surface area contributed by atoms with Gasteiger partial charge in [0.1, 0.15) is 5.75 Å². The molecule has 0 bridgehead atoms. The maximum absolute atomic E-state index is 11.4. The van der Waals surface area contributed by atoms with Crippen LogP contribution in [0, 0.1) is 0 Å². The Kier molecular flexibility index (Phi) is 11.4. The summed E-state index contributed by atoms with van der Waals surface area (Å²) in [7, 11) is -2.39. The number of carboxylic acids is 1. The third kappa shape index (κ3) is 12.2. The molecule has 0 atom stereocenters. The molecule has 28 heavy (non-hydrogen) atoms. The Morgan fingerprint density at radius 3 is 2.07 bits per heavy atom. The average molecular weight is 406 g/mol. The van der Waals surface area contributed by atoms with Crippen LogP contribution in [-0.2, 0) is 26.5 Å². The number of carbonyl (C=O) groups is 2. The lowest BCUT2D eigenvalue weighted by Gasteiger charge is -2.07. The lowest BCUT2D eigenvalue weighted by Crippen LogP contribution is -2.30. The Bertz CT molecular complexity index is 817. The van der Waals surface area contributed by atoms with Crippen molar-refractivity contribution in [2.24, 2.45) is 4.36 Å². The smallest absolute Gasteiger partial charge is 0.311 e. The number of carbonyl (C=O) groups excluding carboxylic acids is 1. The van der Waals surface area contributed by atoms with Gasteiger partial charge in [0.2, 0.25) is 0 Å². The third-order valence-corrected chi connectivity index (χ3v) is 3.61. The standard InChI is InChI=1S/C13H16N2O6S.C6H6/c16-12(14-7-6-13(17)18)9-21-11-3-1-10(2-4-11)5-8-15-22(19)20;1-2-4-6-5-3-1/h1-4H,5-9H2,(H,14,16)(H,17,18);1-6H. The maximum Gasteiger partial charge on any atom is 0.311 e. The summed E-state index contributed by atoms with van der Waals surface area (Å²) in [4.78, 5) is 21.7. The van der Waals surface area contributed by atoms with Gasteiger partial charge in [-0.2, -0.15) is 12.8 Å². The van der Waals surface area contributed by atoms with Gasteiger partial charge in [-0.25, -0.2) is 0 Å². The summed E-state index contributed by atoms with van der Waals surface area (Å²) in [6.45, 7) is 0.0345. The molecule has 0 saturated carbocycles. The van der Waals surface area contributed by atoms with E-state index in [0.717, 1.165) is 5.56 Å². The van der Waals surface area contributed by atoms with E-state index in [2.05, 4.69) is 9.68 Å². The van der Waals surface area contributed by atoms with E-state index in [1.54, 1.807) is 24.3 Å². The molecule has 2 aromatic rings. The van der Waals surface area contributed by atoms with Crippen LogP contribution in [0.25, 0.3) is 0 Å². The number of amides is 1. The molecule has 0 aromatic heterocycles. The fourth-order valence-electron chi connectivity index (χ4n) is 1.90. The summed E-state index contributed by atoms with van der Waals surface area (Å²) in [5, 5.41) is 10.8. The summed E-state index contributed by atoms with van der Waals surface area (Å²) in [5.41, 5.74) is 0.896. The van der Waals surface area contributed by atoms with Crippen LogP contribution in [0.4, 0.5) is 0 Å². The second-order valence-corrected chi connectivity index (χ2v) is 6.09. The molecule has 0 spiro atoms. The van der Waals surface area contributed by atoms with Gasteiger partial charge in [0.15, 0.2) is 6.61 Å². The largest absolute Gasteiger partial charge is 0.484 e. The SMILES string of the molecule is O=C(O)CCNC(=O)COc1ccc(CCN=S(=O)=O)cc1.c1ccccc1. The first-order chi connectivity index (χ1) is 13.5. The Hall–Kier alpha value is -3.20. The average Bonchev–Trinajstić information content (AvgIpc) is 2.69. The molecule has 0 radical (unpaired) electrons. The van der Waals surface area contributed by atoms with E-state index in [4.69, 9.17) is 9.84 Å². The van der Waals surface area contributed by atoms with E-state index >= 15 is 0 Å². The molecular formula is C19H22N2O6S. The van der Waals surface area contributed by atoms with Crippen molar-refractivity contribution >= 4 is 22.4 Å². The summed E-state index contributed by atoms with van der Waals surface area (Å²) < 4.78 is 29.1. The van der Waals surface area contributed by atoms with Crippen LogP contribution >= 0.6 is 0 Å². The number of nitrogens with one attached hydrogen (secondary N) is 1. The van der Waals surface area contributed by atoms with Gasteiger partial charge in [0.25, 0.3) is 5.91 Å². The van der Waals surface area contributed by atoms with Crippen LogP contribution in [0.1, 0.15) is 12.0 Å². The minimum atomic E-state index is -2.39. The zero-order chi connectivity index (χ0) is 20.6. The van der Waals surface area contributed by atoms with Gasteiger partial charge in [-0.1, -0.05) is 48.5 Å². The second-order valence-electron chi connectivity index (χ2n) is 5.40. The van der Waals surface area contributed by atoms with Crippen molar-refractivity contribution in [3.8, 4) is 5.75 Å². The lowest BCUT2D eigenvalue weighted by molar-refractivity contribution is -0.137. The quantitative estimate of drug-likeness (QED) is 0.656. The molecular weight excluding hydrogens is 384 g/mol. The molecule has 150 valence electrons. The van der Waals surface area contributed by atoms with Crippen molar-refractivity contribution in [1.82, 2.24) is 5.32 Å². The van der Waals surface area contributed by atoms with E-state index in [1.165, 1.54) is 0 Å². The number of nitrogens with zero attached hydrogens (tertiary/aromatic N) is 1. The molecule has 0 fully saturated rings. The van der Waals surface area contributed by atoms with E-state index in [-0.39, 0.29) is 26.1 Å². The van der Waals surface area contributed by atoms with Crippen molar-refractivity contribution in [2.45, 2.75) is 12.8 Å². The van der Waals surface area contributed by atoms with Crippen LogP contribution in [0.5, 0.6) is 5.75 Å². The minimum absolute atomic E-state index is 0.0566. The van der Waals surface area contributed by atoms with Gasteiger partial charge in [0.05, 0.1) is 13.0 Å². The van der Waals surface area contributed by atoms with Crippen LogP contribution in [0.3, 0.4) is 0 Å². The van der Waals surface area contributed by atoms with Crippen LogP contribution in [0.15, 0.2) is 65.0 Å². The predicted molar refractivity (Wildman–Crippen MR) is 104 cm³/mol. The van der Waals surface area contributed by atoms with E-state index < -0.39 is 22.4 Å². The van der Waals surface area contributed by atoms with Crippen molar-refractivity contribution in [1.29, 1.82) is 0 Å². The number of rotatable bonds is 9. The van der Waals surface area contributed by atoms with Crippen molar-refractivity contribution < 1.29 is 27.9 Å². The zero-order valence-electron chi connectivity index (χ0n) is 15.2. The number of hydrogen-bond acceptors (Lipinski definition) is 6. The first-order valence-corrected chi connectivity index (χ1v) is 9.47. The van der Waals surface area contributed by atoms with Crippen LogP contribution < -0.4 is 10.1 Å². The summed E-state index contributed by atoms with van der Waals surface area (Å²) in [6.07, 6.45) is 0.351. The number of carboxylic acid groups (broad SMARTS) is 1. The molecule has 0 aliphatic heterocycles. The Morgan fingerprint density at radius 1 is 1.00 bits per heavy atom. The van der Waals surface area contributed by atoms with E-state index in [0.29, 0.717) is 12.2 Å². The second kappa shape index (κ2) is 13.9. The Labute approximate surface area is 164 Å². The molecule has 0 aliphatic carbocycles. The lowest BCUT2D eigenvalue weighted by atomic mass is 10.1. The molecule has 2 aromatic carbocycles. The highest BCUT2D eigenvalue weighted by molar-refractivity contribution is 7.61. The summed E-state index contributed by atoms with van der Waals surface area (Å²) in [5.74, 6) is -0.895. The monoisotopic (exact) mass is 406 g/mol. The molecule has 0 unspecified atom stereocenters. The van der Waals surface area contributed by atoms with Gasteiger partial charge >= 0.3 is 16.5 Å². The molecule has 2 rings (SSSR count). The maximum atomic E-state index is 11.4. The first-order valence-electron chi connectivity index (χ1n) is 8.44. The normalized spacial score (nSPS) is 9.43. The van der Waals surface area contributed by atoms with Gasteiger partial charge in [0, 0.05) is 6.54 Å². The van der Waals surface area contributed by atoms with Crippen LogP contribution in [-0.4, -0.2) is 45.1 Å². The zero-order valence-corrected chi connectivity index (χ0v) is 16.0. The highest BCUT2D eigenvalue weighted by atomic mass is 32.2. The van der Waals surface area contributed by atoms with E-state index in [1.807, 2.05) is 36.4 Å². The number of aliphatic carboxylic acids is 1. The molecule has 0 aliphatic rings. The van der Waals surface area contributed by atoms with Gasteiger partial charge in [-0.15, -0.1) is 0 Å². The highest BCUT2D eigenvalue weighted by Gasteiger charge is 2.04. The molecule has 0 saturated heterocycles. The van der Waals surface area contributed by atoms with Crippen molar-refractivity contribution in [3.05, 3.63) is 66.2 Å². The first kappa shape index (κ1) is 22.8. The highest BCUT2D eigenvalue weighted by Crippen LogP contribution is 2.12. The van der Waals surface area contributed by atoms with Gasteiger partial charge in [-0.05, 0) is 24.1 Å². The molecule has 9 heteroatoms. The minimum Gasteiger partial charge on any atom is -0.484 e. The fourth-order valence-corrected chi connectivity index (χ4v) is 2.14. The topological polar surface area (TPSA) is 122 Å².